The molecule has 1 saturated heterocycles. The quantitative estimate of drug-likeness (QED) is 0.874. The van der Waals surface area contributed by atoms with Crippen LogP contribution in [0.4, 0.5) is 0 Å². The highest BCUT2D eigenvalue weighted by molar-refractivity contribution is 7.91. The lowest BCUT2D eigenvalue weighted by Gasteiger charge is -2.34. The molecule has 3 heterocycles. The van der Waals surface area contributed by atoms with Crippen molar-refractivity contribution in [2.24, 2.45) is 0 Å². The van der Waals surface area contributed by atoms with Crippen LogP contribution < -0.4 is 4.72 Å². The first-order chi connectivity index (χ1) is 11.1. The van der Waals surface area contributed by atoms with Crippen molar-refractivity contribution in [1.29, 1.82) is 0 Å². The average Bonchev–Trinajstić information content (AvgIpc) is 3.25. The molecule has 2 aromatic heterocycles. The number of nitrogens with zero attached hydrogens (tertiary/aromatic N) is 2. The Labute approximate surface area is 143 Å². The van der Waals surface area contributed by atoms with Crippen LogP contribution in [0.5, 0.6) is 0 Å². The molecular weight excluding hydrogens is 354 g/mol. The van der Waals surface area contributed by atoms with Gasteiger partial charge in [0.1, 0.15) is 9.22 Å². The summed E-state index contributed by atoms with van der Waals surface area (Å²) in [6.45, 7) is 0.423. The lowest BCUT2D eigenvalue weighted by atomic mass is 10.0. The molecule has 1 N–H and O–H groups in total. The van der Waals surface area contributed by atoms with Crippen molar-refractivity contribution in [3.63, 3.8) is 0 Å². The first-order valence-corrected chi connectivity index (χ1v) is 10.5. The number of likely N-dealkylation sites (tertiary alicyclic amines) is 1. The van der Waals surface area contributed by atoms with Gasteiger partial charge in [-0.05, 0) is 30.7 Å². The van der Waals surface area contributed by atoms with Gasteiger partial charge in [0.2, 0.25) is 5.91 Å². The molecule has 1 atom stereocenters. The summed E-state index contributed by atoms with van der Waals surface area (Å²) in [6.07, 6.45) is 4.59. The Hall–Kier alpha value is -1.29. The number of piperidine rings is 1. The van der Waals surface area contributed by atoms with Crippen LogP contribution in [-0.4, -0.2) is 37.3 Å². The molecule has 0 spiro atoms. The smallest absolute Gasteiger partial charge is 0.250 e. The fourth-order valence-electron chi connectivity index (χ4n) is 2.63. The molecule has 2 aromatic rings. The van der Waals surface area contributed by atoms with E-state index in [1.54, 1.807) is 22.5 Å². The van der Waals surface area contributed by atoms with Gasteiger partial charge in [0.05, 0.1) is 12.6 Å². The number of nitrogens with one attached hydrogen (secondary N) is 1. The summed E-state index contributed by atoms with van der Waals surface area (Å²) < 4.78 is 26.8. The fourth-order valence-corrected chi connectivity index (χ4v) is 5.43. The summed E-state index contributed by atoms with van der Waals surface area (Å²) >= 11 is 2.66. The second-order valence-electron chi connectivity index (χ2n) is 5.23. The average molecular weight is 372 g/mol. The van der Waals surface area contributed by atoms with Crippen molar-refractivity contribution in [1.82, 2.24) is 14.6 Å². The van der Waals surface area contributed by atoms with Gasteiger partial charge in [-0.2, -0.15) is 0 Å². The van der Waals surface area contributed by atoms with Crippen LogP contribution in [0.25, 0.3) is 0 Å². The van der Waals surface area contributed by atoms with E-state index >= 15 is 0 Å². The van der Waals surface area contributed by atoms with E-state index < -0.39 is 10.0 Å². The topological polar surface area (TPSA) is 79.4 Å². The second-order valence-corrected chi connectivity index (χ2v) is 9.09. The van der Waals surface area contributed by atoms with Crippen molar-refractivity contribution in [3.8, 4) is 0 Å². The molecule has 1 amide bonds. The lowest BCUT2D eigenvalue weighted by molar-refractivity contribution is -0.133. The predicted octanol–water partition coefficient (Wildman–Crippen LogP) is 2.24. The number of carbonyl (C=O) groups excluding carboxylic acids is 1. The van der Waals surface area contributed by atoms with Crippen LogP contribution in [0.1, 0.15) is 30.3 Å². The molecule has 0 radical (unpaired) electrons. The lowest BCUT2D eigenvalue weighted by Crippen LogP contribution is -2.44. The van der Waals surface area contributed by atoms with E-state index in [2.05, 4.69) is 9.71 Å². The van der Waals surface area contributed by atoms with Gasteiger partial charge in [-0.15, -0.1) is 22.7 Å². The van der Waals surface area contributed by atoms with Crippen molar-refractivity contribution in [3.05, 3.63) is 34.1 Å². The van der Waals surface area contributed by atoms with Crippen molar-refractivity contribution < 1.29 is 13.2 Å². The highest BCUT2D eigenvalue weighted by Gasteiger charge is 2.30. The third kappa shape index (κ3) is 3.79. The molecule has 124 valence electrons. The highest BCUT2D eigenvalue weighted by Crippen LogP contribution is 2.31. The Morgan fingerprint density at radius 3 is 2.91 bits per heavy atom. The van der Waals surface area contributed by atoms with Crippen molar-refractivity contribution in [2.75, 3.05) is 13.1 Å². The predicted molar refractivity (Wildman–Crippen MR) is 89.9 cm³/mol. The van der Waals surface area contributed by atoms with E-state index in [4.69, 9.17) is 0 Å². The Kier molecular flexibility index (Phi) is 5.10. The fraction of sp³-hybridized carbons (Fsp3) is 0.429. The monoisotopic (exact) mass is 371 g/mol. The molecule has 3 rings (SSSR count). The van der Waals surface area contributed by atoms with Crippen LogP contribution in [0.3, 0.4) is 0 Å². The number of carbonyl (C=O) groups is 1. The molecule has 0 saturated carbocycles. The van der Waals surface area contributed by atoms with Gasteiger partial charge in [0.25, 0.3) is 10.0 Å². The zero-order chi connectivity index (χ0) is 16.3. The third-order valence-corrected chi connectivity index (χ3v) is 7.41. The van der Waals surface area contributed by atoms with Crippen LogP contribution in [0.15, 0.2) is 33.3 Å². The van der Waals surface area contributed by atoms with Gasteiger partial charge in [-0.25, -0.2) is 18.1 Å². The number of hydrogen-bond donors (Lipinski definition) is 1. The molecule has 9 heteroatoms. The third-order valence-electron chi connectivity index (χ3n) is 3.73. The Morgan fingerprint density at radius 1 is 1.35 bits per heavy atom. The number of amides is 1. The van der Waals surface area contributed by atoms with E-state index in [9.17, 15) is 13.2 Å². The molecule has 0 aliphatic carbocycles. The van der Waals surface area contributed by atoms with Gasteiger partial charge in [0.15, 0.2) is 0 Å². The van der Waals surface area contributed by atoms with Crippen LogP contribution >= 0.6 is 22.7 Å². The van der Waals surface area contributed by atoms with Crippen LogP contribution in [0, 0.1) is 0 Å². The van der Waals surface area contributed by atoms with Crippen LogP contribution in [0.2, 0.25) is 0 Å². The van der Waals surface area contributed by atoms with Crippen LogP contribution in [-0.2, 0) is 14.8 Å². The maximum absolute atomic E-state index is 12.5. The summed E-state index contributed by atoms with van der Waals surface area (Å²) in [5, 5.41) is 4.50. The molecule has 23 heavy (non-hydrogen) atoms. The minimum atomic E-state index is -3.61. The molecule has 6 nitrogen and oxygen atoms in total. The Balaban J connectivity index is 1.67. The summed E-state index contributed by atoms with van der Waals surface area (Å²) in [6, 6.07) is 3.16. The molecule has 1 fully saturated rings. The van der Waals surface area contributed by atoms with E-state index in [0.29, 0.717) is 6.54 Å². The normalized spacial score (nSPS) is 19.0. The number of hydrogen-bond acceptors (Lipinski definition) is 6. The molecule has 0 aromatic carbocycles. The van der Waals surface area contributed by atoms with Gasteiger partial charge in [-0.1, -0.05) is 6.07 Å². The Morgan fingerprint density at radius 2 is 2.22 bits per heavy atom. The van der Waals surface area contributed by atoms with E-state index in [1.807, 2.05) is 5.38 Å². The maximum atomic E-state index is 12.5. The highest BCUT2D eigenvalue weighted by atomic mass is 32.2. The molecule has 0 bridgehead atoms. The van der Waals surface area contributed by atoms with Crippen molar-refractivity contribution in [2.45, 2.75) is 29.5 Å². The van der Waals surface area contributed by atoms with Gasteiger partial charge < -0.3 is 4.90 Å². The number of rotatable bonds is 5. The minimum absolute atomic E-state index is 0.0394. The van der Waals surface area contributed by atoms with E-state index in [1.165, 1.54) is 17.4 Å². The second kappa shape index (κ2) is 7.08. The number of sulfonamides is 1. The summed E-state index contributed by atoms with van der Waals surface area (Å²) in [5.74, 6) is -0.204. The van der Waals surface area contributed by atoms with E-state index in [0.717, 1.165) is 35.6 Å². The zero-order valence-corrected chi connectivity index (χ0v) is 14.8. The first-order valence-electron chi connectivity index (χ1n) is 7.30. The molecule has 1 aliphatic heterocycles. The largest absolute Gasteiger partial charge is 0.332 e. The molecule has 0 unspecified atom stereocenters. The zero-order valence-electron chi connectivity index (χ0n) is 12.3. The molecule has 1 aliphatic rings. The van der Waals surface area contributed by atoms with Gasteiger partial charge in [-0.3, -0.25) is 4.79 Å². The molecular formula is C14H17N3O3S3. The summed E-state index contributed by atoms with van der Waals surface area (Å²) in [5.41, 5.74) is 0. The maximum Gasteiger partial charge on any atom is 0.250 e. The number of thiophene rings is 1. The number of aromatic nitrogens is 1. The van der Waals surface area contributed by atoms with Gasteiger partial charge in [0, 0.05) is 18.1 Å². The summed E-state index contributed by atoms with van der Waals surface area (Å²) in [7, 11) is -3.61. The minimum Gasteiger partial charge on any atom is -0.332 e. The summed E-state index contributed by atoms with van der Waals surface area (Å²) in [4.78, 5) is 18.6. The van der Waals surface area contributed by atoms with E-state index in [-0.39, 0.29) is 22.7 Å². The van der Waals surface area contributed by atoms with Crippen molar-refractivity contribution >= 4 is 38.6 Å². The standard InChI is InChI=1S/C14H17N3O3S3/c18-12(10-16-23(19,20)13-5-3-8-21-13)17-7-2-1-4-11(17)14-15-6-9-22-14/h3,5-6,8-9,11,16H,1-2,4,7,10H2/t11-/m1/s1. The first kappa shape index (κ1) is 16.6. The van der Waals surface area contributed by atoms with Gasteiger partial charge >= 0.3 is 0 Å². The Bertz CT molecular complexity index is 742. The SMILES string of the molecule is O=C(CNS(=O)(=O)c1cccs1)N1CCCC[C@@H]1c1nccs1. The number of thiazole rings is 1.